The van der Waals surface area contributed by atoms with E-state index < -0.39 is 11.9 Å². The van der Waals surface area contributed by atoms with Crippen LogP contribution in [0.15, 0.2) is 48.5 Å². The van der Waals surface area contributed by atoms with E-state index in [0.29, 0.717) is 44.2 Å². The molecule has 2 aromatic carbocycles. The number of amides is 1. The highest BCUT2D eigenvalue weighted by molar-refractivity contribution is 5.94. The van der Waals surface area contributed by atoms with Gasteiger partial charge < -0.3 is 15.2 Å². The maximum atomic E-state index is 13.3. The van der Waals surface area contributed by atoms with E-state index in [4.69, 9.17) is 4.74 Å². The minimum Gasteiger partial charge on any atom is -0.491 e. The quantitative estimate of drug-likeness (QED) is 0.688. The molecule has 0 saturated carbocycles. The van der Waals surface area contributed by atoms with Gasteiger partial charge in [-0.05, 0) is 49.4 Å². The fraction of sp³-hybridized carbons (Fsp3) is 0.409. The number of aliphatic hydroxyl groups excluding tert-OH is 1. The molecule has 0 aliphatic carbocycles. The third kappa shape index (κ3) is 6.48. The molecule has 1 aliphatic rings. The Morgan fingerprint density at radius 2 is 1.80 bits per heavy atom. The molecular formula is C22H27F2N3O3. The van der Waals surface area contributed by atoms with E-state index in [2.05, 4.69) is 15.1 Å². The van der Waals surface area contributed by atoms with Gasteiger partial charge >= 0.3 is 0 Å². The van der Waals surface area contributed by atoms with Crippen LogP contribution in [-0.4, -0.2) is 72.3 Å². The number of carbonyl (C=O) groups excluding carboxylic acids is 1. The summed E-state index contributed by atoms with van der Waals surface area (Å²) in [5.74, 6) is -0.393. The molecule has 1 saturated heterocycles. The van der Waals surface area contributed by atoms with Crippen LogP contribution in [0.2, 0.25) is 0 Å². The van der Waals surface area contributed by atoms with Gasteiger partial charge in [0.1, 0.15) is 30.1 Å². The largest absolute Gasteiger partial charge is 0.491 e. The molecule has 1 amide bonds. The number of β-amino-alcohol motifs (C(OH)–C–C–N with tert-alkyl or cyclic N) is 1. The number of hydrogen-bond acceptors (Lipinski definition) is 5. The monoisotopic (exact) mass is 419 g/mol. The van der Waals surface area contributed by atoms with Crippen molar-refractivity contribution in [1.82, 2.24) is 9.80 Å². The van der Waals surface area contributed by atoms with E-state index >= 15 is 0 Å². The summed E-state index contributed by atoms with van der Waals surface area (Å²) in [5, 5.41) is 13.0. The van der Waals surface area contributed by atoms with Crippen LogP contribution in [0.4, 0.5) is 14.5 Å². The van der Waals surface area contributed by atoms with Crippen LogP contribution in [0.1, 0.15) is 6.92 Å². The summed E-state index contributed by atoms with van der Waals surface area (Å²) in [5.41, 5.74) is 0.440. The number of hydrogen-bond donors (Lipinski definition) is 2. The highest BCUT2D eigenvalue weighted by Crippen LogP contribution is 2.14. The normalized spacial score (nSPS) is 17.3. The van der Waals surface area contributed by atoms with Gasteiger partial charge in [-0.1, -0.05) is 6.07 Å². The Balaban J connectivity index is 1.39. The summed E-state index contributed by atoms with van der Waals surface area (Å²) in [4.78, 5) is 16.6. The fourth-order valence-electron chi connectivity index (χ4n) is 3.39. The summed E-state index contributed by atoms with van der Waals surface area (Å²) in [6.45, 7) is 5.20. The second-order valence-corrected chi connectivity index (χ2v) is 7.43. The van der Waals surface area contributed by atoms with Crippen LogP contribution in [0.3, 0.4) is 0 Å². The van der Waals surface area contributed by atoms with Crippen molar-refractivity contribution in [2.45, 2.75) is 19.1 Å². The number of carbonyl (C=O) groups is 1. The van der Waals surface area contributed by atoms with Crippen molar-refractivity contribution in [3.63, 3.8) is 0 Å². The number of nitrogens with zero attached hydrogens (tertiary/aromatic N) is 2. The van der Waals surface area contributed by atoms with Crippen LogP contribution >= 0.6 is 0 Å². The van der Waals surface area contributed by atoms with E-state index in [1.54, 1.807) is 12.1 Å². The molecule has 0 spiro atoms. The summed E-state index contributed by atoms with van der Waals surface area (Å²) in [6, 6.07) is 11.2. The summed E-state index contributed by atoms with van der Waals surface area (Å²) < 4.78 is 31.7. The standard InChI is InChI=1S/C22H27F2N3O3/c1-16(22(29)25-19-4-2-3-18(24)13-19)27-11-9-26(10-12-27)14-20(28)15-30-21-7-5-17(23)6-8-21/h2-8,13,16,20,28H,9-12,14-15H2,1H3,(H,25,29). The first-order valence-corrected chi connectivity index (χ1v) is 10.00. The van der Waals surface area contributed by atoms with Crippen molar-refractivity contribution < 1.29 is 23.4 Å². The number of piperazine rings is 1. The molecule has 2 aromatic rings. The SMILES string of the molecule is CC(C(=O)Nc1cccc(F)c1)N1CCN(CC(O)COc2ccc(F)cc2)CC1. The lowest BCUT2D eigenvalue weighted by atomic mass is 10.2. The van der Waals surface area contributed by atoms with Crippen LogP contribution in [-0.2, 0) is 4.79 Å². The first kappa shape index (κ1) is 22.1. The number of nitrogens with one attached hydrogen (secondary N) is 1. The van der Waals surface area contributed by atoms with Crippen LogP contribution in [0.5, 0.6) is 5.75 Å². The molecule has 2 unspecified atom stereocenters. The van der Waals surface area contributed by atoms with E-state index in [1.165, 1.54) is 36.4 Å². The maximum absolute atomic E-state index is 13.3. The predicted molar refractivity (Wildman–Crippen MR) is 110 cm³/mol. The Bertz CT molecular complexity index is 827. The molecule has 162 valence electrons. The molecule has 0 bridgehead atoms. The van der Waals surface area contributed by atoms with Gasteiger partial charge in [-0.25, -0.2) is 8.78 Å². The summed E-state index contributed by atoms with van der Waals surface area (Å²) in [7, 11) is 0. The van der Waals surface area contributed by atoms with Gasteiger partial charge in [0.15, 0.2) is 0 Å². The van der Waals surface area contributed by atoms with Crippen molar-refractivity contribution in [2.24, 2.45) is 0 Å². The first-order valence-electron chi connectivity index (χ1n) is 10.00. The topological polar surface area (TPSA) is 65.0 Å². The van der Waals surface area contributed by atoms with Gasteiger partial charge in [-0.2, -0.15) is 0 Å². The molecule has 0 radical (unpaired) electrons. The van der Waals surface area contributed by atoms with Gasteiger partial charge in [-0.3, -0.25) is 14.6 Å². The lowest BCUT2D eigenvalue weighted by Gasteiger charge is -2.38. The second-order valence-electron chi connectivity index (χ2n) is 7.43. The number of anilines is 1. The molecule has 1 heterocycles. The van der Waals surface area contributed by atoms with E-state index in [1.807, 2.05) is 6.92 Å². The molecule has 30 heavy (non-hydrogen) atoms. The third-order valence-corrected chi connectivity index (χ3v) is 5.15. The zero-order valence-electron chi connectivity index (χ0n) is 16.9. The van der Waals surface area contributed by atoms with Crippen LogP contribution in [0.25, 0.3) is 0 Å². The van der Waals surface area contributed by atoms with Crippen molar-refractivity contribution in [3.05, 3.63) is 60.2 Å². The number of halogens is 2. The molecule has 1 fully saturated rings. The second kappa shape index (κ2) is 10.5. The molecule has 2 atom stereocenters. The average Bonchev–Trinajstić information content (AvgIpc) is 2.73. The lowest BCUT2D eigenvalue weighted by molar-refractivity contribution is -0.121. The Morgan fingerprint density at radius 1 is 1.10 bits per heavy atom. The summed E-state index contributed by atoms with van der Waals surface area (Å²) in [6.07, 6.45) is -0.671. The Hall–Kier alpha value is -2.55. The highest BCUT2D eigenvalue weighted by Gasteiger charge is 2.26. The Labute approximate surface area is 175 Å². The van der Waals surface area contributed by atoms with Crippen molar-refractivity contribution >= 4 is 11.6 Å². The van der Waals surface area contributed by atoms with E-state index in [-0.39, 0.29) is 24.4 Å². The average molecular weight is 419 g/mol. The van der Waals surface area contributed by atoms with E-state index in [9.17, 15) is 18.7 Å². The number of ether oxygens (including phenoxy) is 1. The fourth-order valence-corrected chi connectivity index (χ4v) is 3.39. The molecule has 6 nitrogen and oxygen atoms in total. The van der Waals surface area contributed by atoms with Crippen LogP contribution < -0.4 is 10.1 Å². The van der Waals surface area contributed by atoms with Gasteiger partial charge in [-0.15, -0.1) is 0 Å². The van der Waals surface area contributed by atoms with Gasteiger partial charge in [0, 0.05) is 38.4 Å². The van der Waals surface area contributed by atoms with Crippen molar-refractivity contribution in [2.75, 3.05) is 44.6 Å². The van der Waals surface area contributed by atoms with Gasteiger partial charge in [0.25, 0.3) is 0 Å². The summed E-state index contributed by atoms with van der Waals surface area (Å²) >= 11 is 0. The van der Waals surface area contributed by atoms with Crippen molar-refractivity contribution in [1.29, 1.82) is 0 Å². The maximum Gasteiger partial charge on any atom is 0.241 e. The van der Waals surface area contributed by atoms with E-state index in [0.717, 1.165) is 0 Å². The highest BCUT2D eigenvalue weighted by atomic mass is 19.1. The molecule has 2 N–H and O–H groups in total. The molecular weight excluding hydrogens is 392 g/mol. The molecule has 8 heteroatoms. The zero-order chi connectivity index (χ0) is 21.5. The Kier molecular flexibility index (Phi) is 7.73. The van der Waals surface area contributed by atoms with Gasteiger partial charge in [0.2, 0.25) is 5.91 Å². The number of aliphatic hydroxyl groups is 1. The lowest BCUT2D eigenvalue weighted by Crippen LogP contribution is -2.54. The minimum absolute atomic E-state index is 0.123. The first-order chi connectivity index (χ1) is 14.4. The number of benzene rings is 2. The zero-order valence-corrected chi connectivity index (χ0v) is 16.9. The Morgan fingerprint density at radius 3 is 2.47 bits per heavy atom. The van der Waals surface area contributed by atoms with Crippen LogP contribution in [0, 0.1) is 11.6 Å². The third-order valence-electron chi connectivity index (χ3n) is 5.15. The van der Waals surface area contributed by atoms with Gasteiger partial charge in [0.05, 0.1) is 6.04 Å². The number of rotatable bonds is 8. The predicted octanol–water partition coefficient (Wildman–Crippen LogP) is 2.35. The minimum atomic E-state index is -0.671. The smallest absolute Gasteiger partial charge is 0.241 e. The molecule has 0 aromatic heterocycles. The molecule has 1 aliphatic heterocycles. The molecule has 3 rings (SSSR count). The van der Waals surface area contributed by atoms with Crippen molar-refractivity contribution in [3.8, 4) is 5.75 Å².